The van der Waals surface area contributed by atoms with Crippen LogP contribution in [0, 0.1) is 0 Å². The first-order valence-corrected chi connectivity index (χ1v) is 13.6. The fraction of sp³-hybridized carbons (Fsp3) is 0.615. The molecule has 2 rings (SSSR count). The summed E-state index contributed by atoms with van der Waals surface area (Å²) in [6, 6.07) is -2.59. The normalized spacial score (nSPS) is 21.3. The van der Waals surface area contributed by atoms with Gasteiger partial charge in [0, 0.05) is 43.6 Å². The van der Waals surface area contributed by atoms with Crippen LogP contribution < -0.4 is 16.4 Å². The van der Waals surface area contributed by atoms with Gasteiger partial charge >= 0.3 is 0 Å². The zero-order valence-corrected chi connectivity index (χ0v) is 24.6. The largest absolute Gasteiger partial charge is 0.353 e. The highest BCUT2D eigenvalue weighted by atomic mass is 16.7. The summed E-state index contributed by atoms with van der Waals surface area (Å²) in [5.74, 6) is -11.6. The van der Waals surface area contributed by atoms with Gasteiger partial charge in [0.1, 0.15) is 18.2 Å². The summed E-state index contributed by atoms with van der Waals surface area (Å²) in [6.07, 6.45) is 2.11. The molecule has 0 saturated carbocycles. The Morgan fingerprint density at radius 1 is 0.744 bits per heavy atom. The summed E-state index contributed by atoms with van der Waals surface area (Å²) in [7, 11) is 0. The Labute approximate surface area is 247 Å². The van der Waals surface area contributed by atoms with Crippen molar-refractivity contribution in [3.63, 3.8) is 0 Å². The van der Waals surface area contributed by atoms with Crippen LogP contribution in [0.2, 0.25) is 0 Å². The summed E-state index contributed by atoms with van der Waals surface area (Å²) in [5, 5.41) is 36.5. The van der Waals surface area contributed by atoms with E-state index >= 15 is 0 Å². The van der Waals surface area contributed by atoms with Gasteiger partial charge in [0.05, 0.1) is 13.2 Å². The van der Waals surface area contributed by atoms with Crippen molar-refractivity contribution in [2.45, 2.75) is 89.8 Å². The first kappa shape index (κ1) is 35.6. The molecule has 2 heterocycles. The third-order valence-corrected chi connectivity index (χ3v) is 6.71. The van der Waals surface area contributed by atoms with Gasteiger partial charge in [-0.1, -0.05) is 20.8 Å². The number of hydrogen-bond donors (Lipinski definition) is 6. The van der Waals surface area contributed by atoms with Crippen LogP contribution in [0.3, 0.4) is 0 Å². The van der Waals surface area contributed by atoms with Crippen LogP contribution in [-0.4, -0.2) is 110 Å². The molecular formula is C26H39N5O12. The summed E-state index contributed by atoms with van der Waals surface area (Å²) in [4.78, 5) is 74.5. The fourth-order valence-electron chi connectivity index (χ4n) is 3.82. The number of nitrogens with zero attached hydrogens (tertiary/aromatic N) is 2. The van der Waals surface area contributed by atoms with Gasteiger partial charge in [-0.3, -0.25) is 44.3 Å². The molecule has 43 heavy (non-hydrogen) atoms. The number of nitrogens with one attached hydrogen (secondary N) is 2. The molecule has 6 amide bonds. The predicted molar refractivity (Wildman–Crippen MR) is 144 cm³/mol. The molecule has 0 fully saturated rings. The van der Waals surface area contributed by atoms with Crippen molar-refractivity contribution in [3.8, 4) is 0 Å². The zero-order chi connectivity index (χ0) is 32.8. The smallest absolute Gasteiger partial charge is 0.254 e. The van der Waals surface area contributed by atoms with Crippen molar-refractivity contribution in [1.82, 2.24) is 20.4 Å². The van der Waals surface area contributed by atoms with E-state index in [1.807, 2.05) is 0 Å². The Balaban J connectivity index is 2.10. The lowest BCUT2D eigenvalue weighted by Gasteiger charge is -2.35. The second-order valence-corrected chi connectivity index (χ2v) is 9.93. The van der Waals surface area contributed by atoms with Crippen molar-refractivity contribution >= 4 is 35.4 Å². The van der Waals surface area contributed by atoms with E-state index < -0.39 is 84.6 Å². The van der Waals surface area contributed by atoms with Gasteiger partial charge in [0.2, 0.25) is 29.5 Å². The van der Waals surface area contributed by atoms with E-state index in [1.165, 1.54) is 34.6 Å². The summed E-state index contributed by atoms with van der Waals surface area (Å²) in [5.41, 5.74) is 5.70. The number of aliphatic hydroxyl groups is 3. The fourth-order valence-corrected chi connectivity index (χ4v) is 3.82. The third-order valence-electron chi connectivity index (χ3n) is 6.71. The second kappa shape index (κ2) is 14.3. The Morgan fingerprint density at radius 3 is 1.35 bits per heavy atom. The zero-order valence-electron chi connectivity index (χ0n) is 24.6. The molecule has 5 unspecified atom stereocenters. The maximum atomic E-state index is 12.7. The van der Waals surface area contributed by atoms with E-state index in [4.69, 9.17) is 19.9 Å². The minimum absolute atomic E-state index is 0.111. The lowest BCUT2D eigenvalue weighted by Crippen LogP contribution is -2.59. The molecule has 0 aromatic rings. The number of amides is 6. The van der Waals surface area contributed by atoms with E-state index in [1.54, 1.807) is 0 Å². The summed E-state index contributed by atoms with van der Waals surface area (Å²) in [6.45, 7) is 5.75. The van der Waals surface area contributed by atoms with Crippen LogP contribution in [0.25, 0.3) is 0 Å². The maximum Gasteiger partial charge on any atom is 0.254 e. The number of imide groups is 2. The minimum Gasteiger partial charge on any atom is -0.353 e. The van der Waals surface area contributed by atoms with E-state index in [-0.39, 0.29) is 19.3 Å². The van der Waals surface area contributed by atoms with E-state index in [9.17, 15) is 44.1 Å². The van der Waals surface area contributed by atoms with Gasteiger partial charge in [-0.05, 0) is 13.8 Å². The SMILES string of the molecule is CCC(N)(O)OC(COC(O)(CC)NC(=O)C(C)N1C(=O)C=CC1=O)COC(O)(CC)NC(=O)C(C)N1C(=O)C=CC1=O. The van der Waals surface area contributed by atoms with Crippen molar-refractivity contribution < 1.29 is 58.3 Å². The van der Waals surface area contributed by atoms with E-state index in [2.05, 4.69) is 10.6 Å². The monoisotopic (exact) mass is 613 g/mol. The van der Waals surface area contributed by atoms with Crippen molar-refractivity contribution in [1.29, 1.82) is 0 Å². The number of hydrogen-bond acceptors (Lipinski definition) is 13. The van der Waals surface area contributed by atoms with Crippen LogP contribution in [0.5, 0.6) is 0 Å². The van der Waals surface area contributed by atoms with Crippen LogP contribution in [-0.2, 0) is 43.0 Å². The number of nitrogens with two attached hydrogens (primary N) is 1. The average molecular weight is 614 g/mol. The molecule has 7 N–H and O–H groups in total. The highest BCUT2D eigenvalue weighted by molar-refractivity contribution is 6.15. The molecule has 0 bridgehead atoms. The van der Waals surface area contributed by atoms with Gasteiger partial charge in [-0.2, -0.15) is 0 Å². The molecule has 0 aromatic carbocycles. The molecule has 0 aromatic heterocycles. The lowest BCUT2D eigenvalue weighted by molar-refractivity contribution is -0.298. The van der Waals surface area contributed by atoms with Gasteiger partial charge in [-0.25, -0.2) is 0 Å². The van der Waals surface area contributed by atoms with Gasteiger partial charge in [0.15, 0.2) is 0 Å². The molecule has 5 atom stereocenters. The first-order chi connectivity index (χ1) is 19.9. The molecule has 0 radical (unpaired) electrons. The molecule has 2 aliphatic rings. The summed E-state index contributed by atoms with van der Waals surface area (Å²) < 4.78 is 16.4. The number of rotatable bonds is 17. The second-order valence-electron chi connectivity index (χ2n) is 9.93. The van der Waals surface area contributed by atoms with Gasteiger partial charge in [-0.15, -0.1) is 0 Å². The van der Waals surface area contributed by atoms with Crippen molar-refractivity contribution in [3.05, 3.63) is 24.3 Å². The van der Waals surface area contributed by atoms with Crippen LogP contribution >= 0.6 is 0 Å². The van der Waals surface area contributed by atoms with Crippen molar-refractivity contribution in [2.75, 3.05) is 13.2 Å². The molecule has 17 nitrogen and oxygen atoms in total. The van der Waals surface area contributed by atoms with Crippen LogP contribution in [0.1, 0.15) is 53.9 Å². The highest BCUT2D eigenvalue weighted by Gasteiger charge is 2.40. The highest BCUT2D eigenvalue weighted by Crippen LogP contribution is 2.18. The van der Waals surface area contributed by atoms with Gasteiger partial charge in [0.25, 0.3) is 23.6 Å². The number of carbonyl (C=O) groups excluding carboxylic acids is 6. The topological polar surface area (TPSA) is 247 Å². The predicted octanol–water partition coefficient (Wildman–Crippen LogP) is -2.61. The van der Waals surface area contributed by atoms with Crippen LogP contribution in [0.15, 0.2) is 24.3 Å². The Kier molecular flexibility index (Phi) is 11.8. The standard InChI is InChI=1S/C26H39N5O12/c1-6-24(27,38)43-17(13-41-25(39,7-2)28-22(36)15(4)30-18(32)9-10-19(30)33)14-42-26(40,8-3)29-23(37)16(5)31-20(34)11-12-21(31)35/h9-12,15-17,38-40H,6-8,13-14,27H2,1-5H3,(H,28,36)(H,29,37). The Hall–Kier alpha value is -3.58. The van der Waals surface area contributed by atoms with E-state index in [0.29, 0.717) is 9.80 Å². The molecular weight excluding hydrogens is 574 g/mol. The first-order valence-electron chi connectivity index (χ1n) is 13.6. The Morgan fingerprint density at radius 2 is 1.07 bits per heavy atom. The molecule has 0 aliphatic carbocycles. The molecule has 0 spiro atoms. The Bertz CT molecular complexity index is 1060. The molecule has 17 heteroatoms. The van der Waals surface area contributed by atoms with Gasteiger partial charge < -0.3 is 40.2 Å². The molecule has 0 saturated heterocycles. The summed E-state index contributed by atoms with van der Waals surface area (Å²) >= 11 is 0. The van der Waals surface area contributed by atoms with E-state index in [0.717, 1.165) is 24.3 Å². The minimum atomic E-state index is -2.35. The number of carbonyl (C=O) groups is 6. The number of ether oxygens (including phenoxy) is 3. The third kappa shape index (κ3) is 9.20. The lowest BCUT2D eigenvalue weighted by atomic mass is 10.2. The average Bonchev–Trinajstić information content (AvgIpc) is 3.47. The quantitative estimate of drug-likeness (QED) is 0.0728. The maximum absolute atomic E-state index is 12.7. The molecule has 2 aliphatic heterocycles. The van der Waals surface area contributed by atoms with Crippen LogP contribution in [0.4, 0.5) is 0 Å². The molecule has 240 valence electrons. The van der Waals surface area contributed by atoms with Crippen molar-refractivity contribution in [2.24, 2.45) is 5.73 Å².